The van der Waals surface area contributed by atoms with Gasteiger partial charge in [0.15, 0.2) is 5.16 Å². The van der Waals surface area contributed by atoms with Gasteiger partial charge >= 0.3 is 0 Å². The lowest BCUT2D eigenvalue weighted by atomic mass is 10.2. The SMILES string of the molecule is Cc1cc(C)nc(SCC(=O)NN=Cc2ccc(O)cc2O)n1. The molecule has 1 amide bonds. The Kier molecular flexibility index (Phi) is 5.53. The number of hydrogen-bond donors (Lipinski definition) is 3. The number of hydrazone groups is 1. The van der Waals surface area contributed by atoms with Crippen LogP contribution in [0.15, 0.2) is 34.5 Å². The normalized spacial score (nSPS) is 10.9. The van der Waals surface area contributed by atoms with Crippen molar-refractivity contribution in [2.24, 2.45) is 5.10 Å². The third kappa shape index (κ3) is 5.26. The third-order valence-corrected chi connectivity index (χ3v) is 3.55. The summed E-state index contributed by atoms with van der Waals surface area (Å²) in [4.78, 5) is 20.2. The van der Waals surface area contributed by atoms with Crippen molar-refractivity contribution in [3.63, 3.8) is 0 Å². The average Bonchev–Trinajstić information content (AvgIpc) is 2.46. The first kappa shape index (κ1) is 16.8. The van der Waals surface area contributed by atoms with Gasteiger partial charge in [-0.25, -0.2) is 15.4 Å². The second-order valence-electron chi connectivity index (χ2n) is 4.76. The number of thioether (sulfide) groups is 1. The smallest absolute Gasteiger partial charge is 0.250 e. The number of carbonyl (C=O) groups is 1. The lowest BCUT2D eigenvalue weighted by Crippen LogP contribution is -2.19. The van der Waals surface area contributed by atoms with Crippen LogP contribution in [0, 0.1) is 13.8 Å². The molecule has 0 aliphatic rings. The predicted molar refractivity (Wildman–Crippen MR) is 87.7 cm³/mol. The van der Waals surface area contributed by atoms with Crippen LogP contribution < -0.4 is 5.43 Å². The molecule has 0 unspecified atom stereocenters. The molecule has 7 nitrogen and oxygen atoms in total. The summed E-state index contributed by atoms with van der Waals surface area (Å²) in [6, 6.07) is 5.95. The van der Waals surface area contributed by atoms with Gasteiger partial charge in [-0.2, -0.15) is 5.10 Å². The molecule has 0 aliphatic heterocycles. The van der Waals surface area contributed by atoms with Crippen molar-refractivity contribution in [2.45, 2.75) is 19.0 Å². The van der Waals surface area contributed by atoms with E-state index in [-0.39, 0.29) is 23.2 Å². The van der Waals surface area contributed by atoms with Gasteiger partial charge in [-0.1, -0.05) is 11.8 Å². The Morgan fingerprint density at radius 1 is 1.26 bits per heavy atom. The first-order chi connectivity index (χ1) is 10.9. The van der Waals surface area contributed by atoms with Crippen LogP contribution in [0.5, 0.6) is 11.5 Å². The molecule has 0 atom stereocenters. The number of carbonyl (C=O) groups excluding carboxylic acids is 1. The monoisotopic (exact) mass is 332 g/mol. The number of aryl methyl sites for hydroxylation is 2. The maximum Gasteiger partial charge on any atom is 0.250 e. The number of aromatic nitrogens is 2. The van der Waals surface area contributed by atoms with Gasteiger partial charge in [0.1, 0.15) is 11.5 Å². The second-order valence-corrected chi connectivity index (χ2v) is 5.70. The van der Waals surface area contributed by atoms with E-state index < -0.39 is 0 Å². The molecule has 2 rings (SSSR count). The summed E-state index contributed by atoms with van der Waals surface area (Å²) in [5.74, 6) is -0.358. The molecule has 0 saturated carbocycles. The van der Waals surface area contributed by atoms with E-state index in [2.05, 4.69) is 20.5 Å². The number of aromatic hydroxyl groups is 2. The zero-order chi connectivity index (χ0) is 16.8. The molecule has 0 bridgehead atoms. The standard InChI is InChI=1S/C15H16N4O3S/c1-9-5-10(2)18-15(17-9)23-8-14(22)19-16-7-11-3-4-12(20)6-13(11)21/h3-7,20-21H,8H2,1-2H3,(H,19,22). The summed E-state index contributed by atoms with van der Waals surface area (Å²) >= 11 is 1.22. The molecule has 1 aromatic heterocycles. The maximum absolute atomic E-state index is 11.7. The number of phenols is 2. The van der Waals surface area contributed by atoms with Crippen LogP contribution in [0.1, 0.15) is 17.0 Å². The van der Waals surface area contributed by atoms with Crippen molar-refractivity contribution >= 4 is 23.9 Å². The minimum absolute atomic E-state index is 0.0477. The van der Waals surface area contributed by atoms with Crippen LogP contribution >= 0.6 is 11.8 Å². The first-order valence-electron chi connectivity index (χ1n) is 6.73. The highest BCUT2D eigenvalue weighted by molar-refractivity contribution is 7.99. The Balaban J connectivity index is 1.86. The Morgan fingerprint density at radius 3 is 2.61 bits per heavy atom. The largest absolute Gasteiger partial charge is 0.508 e. The Morgan fingerprint density at radius 2 is 1.96 bits per heavy atom. The lowest BCUT2D eigenvalue weighted by molar-refractivity contribution is -0.118. The van der Waals surface area contributed by atoms with Gasteiger partial charge in [0.2, 0.25) is 0 Å². The van der Waals surface area contributed by atoms with E-state index in [0.29, 0.717) is 10.7 Å². The van der Waals surface area contributed by atoms with Crippen LogP contribution in [0.4, 0.5) is 0 Å². The molecule has 0 spiro atoms. The highest BCUT2D eigenvalue weighted by Crippen LogP contribution is 2.20. The van der Waals surface area contributed by atoms with Crippen molar-refractivity contribution in [1.82, 2.24) is 15.4 Å². The fraction of sp³-hybridized carbons (Fsp3) is 0.200. The number of nitrogens with one attached hydrogen (secondary N) is 1. The quantitative estimate of drug-likeness (QED) is 0.333. The molecular formula is C15H16N4O3S. The van der Waals surface area contributed by atoms with E-state index in [1.807, 2.05) is 19.9 Å². The van der Waals surface area contributed by atoms with E-state index in [1.165, 1.54) is 36.2 Å². The van der Waals surface area contributed by atoms with Gasteiger partial charge in [-0.15, -0.1) is 0 Å². The summed E-state index contributed by atoms with van der Waals surface area (Å²) in [5, 5.41) is 23.1. The highest BCUT2D eigenvalue weighted by atomic mass is 32.2. The van der Waals surface area contributed by atoms with Crippen LogP contribution in [0.25, 0.3) is 0 Å². The zero-order valence-corrected chi connectivity index (χ0v) is 13.5. The molecule has 120 valence electrons. The molecule has 8 heteroatoms. The Bertz CT molecular complexity index is 729. The summed E-state index contributed by atoms with van der Waals surface area (Å²) in [5.41, 5.74) is 4.43. The molecule has 1 aromatic carbocycles. The molecule has 0 radical (unpaired) electrons. The number of benzene rings is 1. The fourth-order valence-corrected chi connectivity index (χ4v) is 2.48. The molecule has 0 aliphatic carbocycles. The van der Waals surface area contributed by atoms with Crippen LogP contribution in [-0.2, 0) is 4.79 Å². The molecule has 0 fully saturated rings. The van der Waals surface area contributed by atoms with Crippen molar-refractivity contribution in [2.75, 3.05) is 5.75 Å². The van der Waals surface area contributed by atoms with Gasteiger partial charge in [0.25, 0.3) is 5.91 Å². The molecule has 3 N–H and O–H groups in total. The summed E-state index contributed by atoms with van der Waals surface area (Å²) < 4.78 is 0. The molecule has 2 aromatic rings. The van der Waals surface area contributed by atoms with Crippen molar-refractivity contribution in [3.05, 3.63) is 41.2 Å². The molecule has 1 heterocycles. The molecule has 23 heavy (non-hydrogen) atoms. The van der Waals surface area contributed by atoms with Crippen LogP contribution in [-0.4, -0.2) is 38.1 Å². The number of hydrogen-bond acceptors (Lipinski definition) is 7. The topological polar surface area (TPSA) is 108 Å². The average molecular weight is 332 g/mol. The van der Waals surface area contributed by atoms with E-state index in [0.717, 1.165) is 11.4 Å². The summed E-state index contributed by atoms with van der Waals surface area (Å²) in [6.07, 6.45) is 1.30. The van der Waals surface area contributed by atoms with Gasteiger partial charge in [0, 0.05) is 23.0 Å². The number of amides is 1. The minimum atomic E-state index is -0.313. The fourth-order valence-electron chi connectivity index (χ4n) is 1.74. The first-order valence-corrected chi connectivity index (χ1v) is 7.71. The number of rotatable bonds is 5. The molecular weight excluding hydrogens is 316 g/mol. The van der Waals surface area contributed by atoms with E-state index in [4.69, 9.17) is 0 Å². The lowest BCUT2D eigenvalue weighted by Gasteiger charge is -2.02. The maximum atomic E-state index is 11.7. The van der Waals surface area contributed by atoms with Crippen molar-refractivity contribution < 1.29 is 15.0 Å². The van der Waals surface area contributed by atoms with Crippen LogP contribution in [0.2, 0.25) is 0 Å². The minimum Gasteiger partial charge on any atom is -0.508 e. The van der Waals surface area contributed by atoms with Gasteiger partial charge in [-0.05, 0) is 32.0 Å². The number of nitrogens with zero attached hydrogens (tertiary/aromatic N) is 3. The summed E-state index contributed by atoms with van der Waals surface area (Å²) in [6.45, 7) is 3.74. The van der Waals surface area contributed by atoms with Gasteiger partial charge < -0.3 is 10.2 Å². The van der Waals surface area contributed by atoms with Crippen molar-refractivity contribution in [1.29, 1.82) is 0 Å². The van der Waals surface area contributed by atoms with E-state index in [9.17, 15) is 15.0 Å². The zero-order valence-electron chi connectivity index (χ0n) is 12.6. The second kappa shape index (κ2) is 7.59. The molecule has 0 saturated heterocycles. The van der Waals surface area contributed by atoms with Gasteiger partial charge in [-0.3, -0.25) is 4.79 Å². The predicted octanol–water partition coefficient (Wildman–Crippen LogP) is 1.75. The van der Waals surface area contributed by atoms with E-state index in [1.54, 1.807) is 0 Å². The van der Waals surface area contributed by atoms with Crippen LogP contribution in [0.3, 0.4) is 0 Å². The highest BCUT2D eigenvalue weighted by Gasteiger charge is 2.05. The van der Waals surface area contributed by atoms with E-state index >= 15 is 0 Å². The van der Waals surface area contributed by atoms with Crippen molar-refractivity contribution in [3.8, 4) is 11.5 Å². The van der Waals surface area contributed by atoms with Gasteiger partial charge in [0.05, 0.1) is 12.0 Å². The summed E-state index contributed by atoms with van der Waals surface area (Å²) in [7, 11) is 0. The number of phenolic OH excluding ortho intramolecular Hbond substituents is 2. The Labute approximate surface area is 137 Å². The third-order valence-electron chi connectivity index (χ3n) is 2.70. The Hall–Kier alpha value is -2.61.